The summed E-state index contributed by atoms with van der Waals surface area (Å²) in [5.41, 5.74) is 2.78. The van der Waals surface area contributed by atoms with Crippen molar-refractivity contribution in [3.05, 3.63) is 58.3 Å². The van der Waals surface area contributed by atoms with Crippen LogP contribution >= 0.6 is 15.9 Å². The topological polar surface area (TPSA) is 23.5 Å². The number of halogens is 2. The molecular formula is C16H17BrFNO. The fourth-order valence-electron chi connectivity index (χ4n) is 2.16. The third-order valence-electron chi connectivity index (χ3n) is 3.20. The van der Waals surface area contributed by atoms with Gasteiger partial charge in [-0.3, -0.25) is 0 Å². The lowest BCUT2D eigenvalue weighted by Gasteiger charge is -2.24. The fourth-order valence-corrected chi connectivity index (χ4v) is 2.86. The van der Waals surface area contributed by atoms with E-state index in [4.69, 9.17) is 0 Å². The van der Waals surface area contributed by atoms with Crippen molar-refractivity contribution in [2.45, 2.75) is 20.0 Å². The van der Waals surface area contributed by atoms with Crippen LogP contribution in [0.25, 0.3) is 0 Å². The summed E-state index contributed by atoms with van der Waals surface area (Å²) >= 11 is 3.48. The number of nitrogens with zero attached hydrogens (tertiary/aromatic N) is 1. The highest BCUT2D eigenvalue weighted by molar-refractivity contribution is 9.10. The van der Waals surface area contributed by atoms with Crippen molar-refractivity contribution in [2.24, 2.45) is 0 Å². The van der Waals surface area contributed by atoms with Crippen LogP contribution in [0.15, 0.2) is 46.9 Å². The van der Waals surface area contributed by atoms with Crippen molar-refractivity contribution >= 4 is 27.3 Å². The fraction of sp³-hybridized carbons (Fsp3) is 0.250. The van der Waals surface area contributed by atoms with Crippen LogP contribution < -0.4 is 4.90 Å². The normalized spacial score (nSPS) is 12.2. The zero-order chi connectivity index (χ0) is 14.7. The summed E-state index contributed by atoms with van der Waals surface area (Å²) in [4.78, 5) is 2.08. The molecule has 0 unspecified atom stereocenters. The molecular weight excluding hydrogens is 321 g/mol. The molecule has 0 fully saturated rings. The van der Waals surface area contributed by atoms with Gasteiger partial charge in [0.15, 0.2) is 0 Å². The summed E-state index contributed by atoms with van der Waals surface area (Å²) in [5.74, 6) is -0.240. The van der Waals surface area contributed by atoms with Gasteiger partial charge in [0.25, 0.3) is 0 Å². The van der Waals surface area contributed by atoms with Crippen molar-refractivity contribution in [3.63, 3.8) is 0 Å². The lowest BCUT2D eigenvalue weighted by Crippen LogP contribution is -2.16. The molecule has 1 atom stereocenters. The largest absolute Gasteiger partial charge is 0.389 e. The third kappa shape index (κ3) is 3.19. The molecule has 2 nitrogen and oxygen atoms in total. The van der Waals surface area contributed by atoms with E-state index in [1.807, 2.05) is 25.1 Å². The van der Waals surface area contributed by atoms with Gasteiger partial charge in [-0.25, -0.2) is 4.39 Å². The summed E-state index contributed by atoms with van der Waals surface area (Å²) in [5, 5.41) is 9.65. The number of hydrogen-bond acceptors (Lipinski definition) is 2. The van der Waals surface area contributed by atoms with Crippen LogP contribution in [0.2, 0.25) is 0 Å². The van der Waals surface area contributed by atoms with Gasteiger partial charge >= 0.3 is 0 Å². The Hall–Kier alpha value is -1.39. The molecule has 0 aromatic heterocycles. The first-order chi connectivity index (χ1) is 9.52. The van der Waals surface area contributed by atoms with Crippen molar-refractivity contribution in [2.75, 3.05) is 11.4 Å². The Morgan fingerprint density at radius 2 is 1.75 bits per heavy atom. The molecule has 20 heavy (non-hydrogen) atoms. The summed E-state index contributed by atoms with van der Waals surface area (Å²) in [7, 11) is 0. The number of aliphatic hydroxyl groups excluding tert-OH is 1. The van der Waals surface area contributed by atoms with Crippen LogP contribution in [-0.2, 0) is 0 Å². The van der Waals surface area contributed by atoms with Crippen LogP contribution in [0.4, 0.5) is 15.8 Å². The number of anilines is 2. The number of benzene rings is 2. The second kappa shape index (κ2) is 6.37. The average Bonchev–Trinajstić information content (AvgIpc) is 2.41. The molecule has 0 bridgehead atoms. The molecule has 0 radical (unpaired) electrons. The SMILES string of the molecule is CCN(c1ccc(F)cc1)c1ccc([C@@H](C)O)c(Br)c1. The predicted octanol–water partition coefficient (Wildman–Crippen LogP) is 4.80. The van der Waals surface area contributed by atoms with Crippen LogP contribution in [0, 0.1) is 5.82 Å². The summed E-state index contributed by atoms with van der Waals surface area (Å²) in [6.45, 7) is 4.54. The minimum atomic E-state index is -0.515. The van der Waals surface area contributed by atoms with E-state index >= 15 is 0 Å². The Morgan fingerprint density at radius 3 is 2.25 bits per heavy atom. The maximum atomic E-state index is 13.0. The molecule has 2 aromatic rings. The van der Waals surface area contributed by atoms with Crippen LogP contribution in [0.3, 0.4) is 0 Å². The number of hydrogen-bond donors (Lipinski definition) is 1. The first-order valence-corrected chi connectivity index (χ1v) is 7.33. The molecule has 2 rings (SSSR count). The Balaban J connectivity index is 2.37. The van der Waals surface area contributed by atoms with Gasteiger partial charge in [0.2, 0.25) is 0 Å². The Morgan fingerprint density at radius 1 is 1.15 bits per heavy atom. The molecule has 0 saturated carbocycles. The molecule has 0 heterocycles. The molecule has 106 valence electrons. The highest BCUT2D eigenvalue weighted by atomic mass is 79.9. The molecule has 0 spiro atoms. The second-order valence-corrected chi connectivity index (χ2v) is 5.46. The van der Waals surface area contributed by atoms with E-state index in [1.54, 1.807) is 19.1 Å². The zero-order valence-electron chi connectivity index (χ0n) is 11.5. The van der Waals surface area contributed by atoms with Crippen LogP contribution in [0.1, 0.15) is 25.5 Å². The van der Waals surface area contributed by atoms with E-state index in [2.05, 4.69) is 20.8 Å². The third-order valence-corrected chi connectivity index (χ3v) is 3.89. The van der Waals surface area contributed by atoms with E-state index in [-0.39, 0.29) is 5.82 Å². The van der Waals surface area contributed by atoms with E-state index in [9.17, 15) is 9.50 Å². The highest BCUT2D eigenvalue weighted by Crippen LogP contribution is 2.31. The van der Waals surface area contributed by atoms with Crippen LogP contribution in [-0.4, -0.2) is 11.7 Å². The summed E-state index contributed by atoms with van der Waals surface area (Å²) < 4.78 is 13.9. The first-order valence-electron chi connectivity index (χ1n) is 6.53. The Kier molecular flexibility index (Phi) is 4.78. The van der Waals surface area contributed by atoms with Gasteiger partial charge in [-0.15, -0.1) is 0 Å². The van der Waals surface area contributed by atoms with Crippen molar-refractivity contribution in [3.8, 4) is 0 Å². The Labute approximate surface area is 127 Å². The molecule has 0 aliphatic heterocycles. The Bertz CT molecular complexity index is 584. The van der Waals surface area contributed by atoms with Gasteiger partial charge in [-0.1, -0.05) is 22.0 Å². The summed E-state index contributed by atoms with van der Waals surface area (Å²) in [6.07, 6.45) is -0.515. The van der Waals surface area contributed by atoms with Gasteiger partial charge in [-0.2, -0.15) is 0 Å². The van der Waals surface area contributed by atoms with E-state index in [0.29, 0.717) is 0 Å². The van der Waals surface area contributed by atoms with Gasteiger partial charge in [0.05, 0.1) is 6.10 Å². The molecule has 0 saturated heterocycles. The first kappa shape index (κ1) is 15.0. The van der Waals surface area contributed by atoms with Crippen molar-refractivity contribution in [1.29, 1.82) is 0 Å². The average molecular weight is 338 g/mol. The lowest BCUT2D eigenvalue weighted by atomic mass is 10.1. The molecule has 4 heteroatoms. The van der Waals surface area contributed by atoms with Gasteiger partial charge in [-0.05, 0) is 55.8 Å². The molecule has 0 amide bonds. The molecule has 1 N–H and O–H groups in total. The van der Waals surface area contributed by atoms with Crippen LogP contribution in [0.5, 0.6) is 0 Å². The predicted molar refractivity (Wildman–Crippen MR) is 83.9 cm³/mol. The second-order valence-electron chi connectivity index (χ2n) is 4.60. The lowest BCUT2D eigenvalue weighted by molar-refractivity contribution is 0.198. The highest BCUT2D eigenvalue weighted by Gasteiger charge is 2.11. The smallest absolute Gasteiger partial charge is 0.123 e. The van der Waals surface area contributed by atoms with E-state index in [1.165, 1.54) is 12.1 Å². The number of aliphatic hydroxyl groups is 1. The molecule has 2 aromatic carbocycles. The summed E-state index contributed by atoms with van der Waals surface area (Å²) in [6, 6.07) is 12.3. The molecule has 0 aliphatic rings. The zero-order valence-corrected chi connectivity index (χ0v) is 13.1. The molecule has 0 aliphatic carbocycles. The van der Waals surface area contributed by atoms with Gasteiger partial charge in [0.1, 0.15) is 5.82 Å². The van der Waals surface area contributed by atoms with Gasteiger partial charge < -0.3 is 10.0 Å². The van der Waals surface area contributed by atoms with Gasteiger partial charge in [0, 0.05) is 22.4 Å². The van der Waals surface area contributed by atoms with Crippen molar-refractivity contribution in [1.82, 2.24) is 0 Å². The number of rotatable bonds is 4. The minimum absolute atomic E-state index is 0.240. The van der Waals surface area contributed by atoms with E-state index < -0.39 is 6.10 Å². The maximum Gasteiger partial charge on any atom is 0.123 e. The quantitative estimate of drug-likeness (QED) is 0.866. The standard InChI is InChI=1S/C16H17BrFNO/c1-3-19(13-6-4-12(18)5-7-13)14-8-9-15(11(2)20)16(17)10-14/h4-11,20H,3H2,1-2H3/t11-/m1/s1. The van der Waals surface area contributed by atoms with E-state index in [0.717, 1.165) is 28.0 Å². The monoisotopic (exact) mass is 337 g/mol. The minimum Gasteiger partial charge on any atom is -0.389 e. The maximum absolute atomic E-state index is 13.0. The van der Waals surface area contributed by atoms with Crippen molar-refractivity contribution < 1.29 is 9.50 Å².